The molecule has 2 heterocycles. The molecule has 0 fully saturated rings. The monoisotopic (exact) mass is 405 g/mol. The molecule has 3 rings (SSSR count). The molecular formula is C17H16IN3O. The van der Waals surface area contributed by atoms with E-state index in [1.54, 1.807) is 11.9 Å². The average Bonchev–Trinajstić information content (AvgIpc) is 2.69. The van der Waals surface area contributed by atoms with Gasteiger partial charge >= 0.3 is 0 Å². The molecule has 1 aromatic rings. The van der Waals surface area contributed by atoms with Crippen molar-refractivity contribution in [1.29, 1.82) is 0 Å². The van der Waals surface area contributed by atoms with Crippen molar-refractivity contribution in [1.82, 2.24) is 9.80 Å². The van der Waals surface area contributed by atoms with Gasteiger partial charge in [-0.2, -0.15) is 0 Å². The van der Waals surface area contributed by atoms with Gasteiger partial charge in [0.1, 0.15) is 5.84 Å². The molecule has 1 atom stereocenters. The second kappa shape index (κ2) is 6.08. The number of amidine groups is 1. The maximum atomic E-state index is 12.0. The Labute approximate surface area is 143 Å². The molecule has 4 nitrogen and oxygen atoms in total. The highest BCUT2D eigenvalue weighted by Crippen LogP contribution is 2.31. The van der Waals surface area contributed by atoms with E-state index < -0.39 is 0 Å². The van der Waals surface area contributed by atoms with Gasteiger partial charge < -0.3 is 9.80 Å². The van der Waals surface area contributed by atoms with Crippen LogP contribution in [0, 0.1) is 0 Å². The Morgan fingerprint density at radius 2 is 2.23 bits per heavy atom. The largest absolute Gasteiger partial charge is 0.328 e. The van der Waals surface area contributed by atoms with Gasteiger partial charge in [-0.3, -0.25) is 4.79 Å². The standard InChI is InChI=1S/C17H16IN3O/c1-3-16(22)20(2)17-14-7-5-4-6-12(14)10-21-11-13(18)8-9-15(21)19-17/h3-9,11,17H,1,10H2,2H3. The third kappa shape index (κ3) is 2.72. The first kappa shape index (κ1) is 15.0. The Hall–Kier alpha value is -1.89. The molecule has 0 bridgehead atoms. The van der Waals surface area contributed by atoms with Crippen LogP contribution in [-0.2, 0) is 11.3 Å². The molecule has 0 N–H and O–H groups in total. The van der Waals surface area contributed by atoms with Crippen molar-refractivity contribution >= 4 is 34.3 Å². The van der Waals surface area contributed by atoms with Crippen molar-refractivity contribution < 1.29 is 4.79 Å². The van der Waals surface area contributed by atoms with Crippen LogP contribution in [0.25, 0.3) is 0 Å². The number of carbonyl (C=O) groups is 1. The van der Waals surface area contributed by atoms with Gasteiger partial charge in [-0.1, -0.05) is 30.8 Å². The van der Waals surface area contributed by atoms with Crippen molar-refractivity contribution in [2.45, 2.75) is 12.7 Å². The number of rotatable bonds is 2. The van der Waals surface area contributed by atoms with Crippen LogP contribution in [0.5, 0.6) is 0 Å². The highest BCUT2D eigenvalue weighted by atomic mass is 127. The van der Waals surface area contributed by atoms with Gasteiger partial charge in [0.05, 0.1) is 0 Å². The predicted octanol–water partition coefficient (Wildman–Crippen LogP) is 3.39. The van der Waals surface area contributed by atoms with E-state index in [2.05, 4.69) is 46.3 Å². The molecule has 1 amide bonds. The summed E-state index contributed by atoms with van der Waals surface area (Å²) in [7, 11) is 1.76. The van der Waals surface area contributed by atoms with Crippen LogP contribution in [0.1, 0.15) is 17.3 Å². The first-order valence-electron chi connectivity index (χ1n) is 6.97. The number of halogens is 1. The Balaban J connectivity index is 2.11. The number of nitrogens with zero attached hydrogens (tertiary/aromatic N) is 3. The lowest BCUT2D eigenvalue weighted by molar-refractivity contribution is -0.126. The summed E-state index contributed by atoms with van der Waals surface area (Å²) in [5, 5.41) is 0. The smallest absolute Gasteiger partial charge is 0.247 e. The summed E-state index contributed by atoms with van der Waals surface area (Å²) < 4.78 is 1.16. The lowest BCUT2D eigenvalue weighted by Gasteiger charge is -2.25. The van der Waals surface area contributed by atoms with Crippen molar-refractivity contribution in [3.8, 4) is 0 Å². The van der Waals surface area contributed by atoms with Gasteiger partial charge in [-0.05, 0) is 46.4 Å². The number of benzene rings is 1. The summed E-state index contributed by atoms with van der Waals surface area (Å²) in [6.45, 7) is 4.32. The fourth-order valence-corrected chi connectivity index (χ4v) is 3.14. The molecule has 1 unspecified atom stereocenters. The highest BCUT2D eigenvalue weighted by Gasteiger charge is 2.27. The number of hydrogen-bond donors (Lipinski definition) is 0. The molecule has 2 aliphatic heterocycles. The van der Waals surface area contributed by atoms with Crippen LogP contribution in [-0.4, -0.2) is 28.6 Å². The Bertz CT molecular complexity index is 720. The Kier molecular flexibility index (Phi) is 4.15. The lowest BCUT2D eigenvalue weighted by Crippen LogP contribution is -2.30. The molecule has 5 heteroatoms. The molecule has 112 valence electrons. The van der Waals surface area contributed by atoms with Crippen LogP contribution in [0.15, 0.2) is 63.8 Å². The fourth-order valence-electron chi connectivity index (χ4n) is 2.62. The number of amides is 1. The van der Waals surface area contributed by atoms with Crippen molar-refractivity contribution in [2.24, 2.45) is 4.99 Å². The van der Waals surface area contributed by atoms with Gasteiger partial charge in [0.15, 0.2) is 6.17 Å². The molecule has 1 aromatic carbocycles. The van der Waals surface area contributed by atoms with E-state index in [4.69, 9.17) is 4.99 Å². The quantitative estimate of drug-likeness (QED) is 0.559. The third-order valence-corrected chi connectivity index (χ3v) is 4.42. The van der Waals surface area contributed by atoms with Gasteiger partial charge in [0.2, 0.25) is 5.91 Å². The van der Waals surface area contributed by atoms with E-state index >= 15 is 0 Å². The summed E-state index contributed by atoms with van der Waals surface area (Å²) in [6.07, 6.45) is 7.08. The first-order valence-corrected chi connectivity index (χ1v) is 8.05. The number of allylic oxidation sites excluding steroid dienone is 2. The zero-order valence-corrected chi connectivity index (χ0v) is 14.4. The maximum Gasteiger partial charge on any atom is 0.247 e. The molecule has 0 saturated carbocycles. The summed E-state index contributed by atoms with van der Waals surface area (Å²) >= 11 is 2.29. The Morgan fingerprint density at radius 1 is 1.45 bits per heavy atom. The van der Waals surface area contributed by atoms with Crippen molar-refractivity contribution in [3.63, 3.8) is 0 Å². The van der Waals surface area contributed by atoms with Crippen molar-refractivity contribution in [3.05, 3.63) is 70.0 Å². The minimum atomic E-state index is -0.337. The van der Waals surface area contributed by atoms with E-state index in [1.165, 1.54) is 11.6 Å². The van der Waals surface area contributed by atoms with E-state index in [0.717, 1.165) is 21.5 Å². The minimum absolute atomic E-state index is 0.137. The maximum absolute atomic E-state index is 12.0. The van der Waals surface area contributed by atoms with Crippen LogP contribution in [0.3, 0.4) is 0 Å². The second-order valence-corrected chi connectivity index (χ2v) is 6.43. The molecule has 2 aliphatic rings. The minimum Gasteiger partial charge on any atom is -0.328 e. The lowest BCUT2D eigenvalue weighted by atomic mass is 10.0. The van der Waals surface area contributed by atoms with Crippen LogP contribution in [0.4, 0.5) is 0 Å². The zero-order valence-electron chi connectivity index (χ0n) is 12.2. The number of fused-ring (bicyclic) bond motifs is 2. The van der Waals surface area contributed by atoms with Crippen molar-refractivity contribution in [2.75, 3.05) is 7.05 Å². The van der Waals surface area contributed by atoms with Crippen LogP contribution < -0.4 is 0 Å². The number of aliphatic imine (C=N–C) groups is 1. The van der Waals surface area contributed by atoms with E-state index in [0.29, 0.717) is 0 Å². The van der Waals surface area contributed by atoms with Gasteiger partial charge in [-0.25, -0.2) is 4.99 Å². The molecule has 0 spiro atoms. The molecular weight excluding hydrogens is 389 g/mol. The second-order valence-electron chi connectivity index (χ2n) is 5.19. The number of hydrogen-bond acceptors (Lipinski definition) is 3. The SMILES string of the molecule is C=CC(=O)N(C)C1N=C2C=CC(I)=CN2Cc2ccccc21. The summed E-state index contributed by atoms with van der Waals surface area (Å²) in [4.78, 5) is 20.6. The van der Waals surface area contributed by atoms with Crippen LogP contribution >= 0.6 is 22.6 Å². The Morgan fingerprint density at radius 3 is 3.00 bits per heavy atom. The van der Waals surface area contributed by atoms with Gasteiger partial charge in [0.25, 0.3) is 0 Å². The molecule has 0 aromatic heterocycles. The summed E-state index contributed by atoms with van der Waals surface area (Å²) in [5.74, 6) is 0.729. The first-order chi connectivity index (χ1) is 10.6. The van der Waals surface area contributed by atoms with Crippen LogP contribution in [0.2, 0.25) is 0 Å². The van der Waals surface area contributed by atoms with E-state index in [9.17, 15) is 4.79 Å². The average molecular weight is 405 g/mol. The fraction of sp³-hybridized carbons (Fsp3) is 0.176. The number of carbonyl (C=O) groups excluding carboxylic acids is 1. The zero-order chi connectivity index (χ0) is 15.7. The van der Waals surface area contributed by atoms with E-state index in [-0.39, 0.29) is 12.1 Å². The van der Waals surface area contributed by atoms with Gasteiger partial charge in [0, 0.05) is 28.9 Å². The van der Waals surface area contributed by atoms with Gasteiger partial charge in [-0.15, -0.1) is 0 Å². The molecule has 0 radical (unpaired) electrons. The highest BCUT2D eigenvalue weighted by molar-refractivity contribution is 14.1. The third-order valence-electron chi connectivity index (χ3n) is 3.78. The summed E-state index contributed by atoms with van der Waals surface area (Å²) in [5.41, 5.74) is 2.23. The topological polar surface area (TPSA) is 35.9 Å². The normalized spacial score (nSPS) is 19.4. The number of likely N-dealkylation sites (N-methyl/N-ethyl adjacent to an activating group) is 1. The molecule has 0 aliphatic carbocycles. The summed E-state index contributed by atoms with van der Waals surface area (Å²) in [6, 6.07) is 8.13. The molecule has 0 saturated heterocycles. The van der Waals surface area contributed by atoms with E-state index in [1.807, 2.05) is 30.4 Å². The predicted molar refractivity (Wildman–Crippen MR) is 96.4 cm³/mol. The molecule has 22 heavy (non-hydrogen) atoms.